The Labute approximate surface area is 138 Å². The van der Waals surface area contributed by atoms with Gasteiger partial charge in [-0.15, -0.1) is 0 Å². The Morgan fingerprint density at radius 1 is 1.35 bits per heavy atom. The molecule has 0 bridgehead atoms. The lowest BCUT2D eigenvalue weighted by Gasteiger charge is -2.18. The molecule has 1 heterocycles. The first-order valence-electron chi connectivity index (χ1n) is 7.87. The van der Waals surface area contributed by atoms with Crippen LogP contribution in [0.1, 0.15) is 43.7 Å². The summed E-state index contributed by atoms with van der Waals surface area (Å²) in [5.41, 5.74) is 3.10. The number of hydrogen-bond donors (Lipinski definition) is 2. The molecule has 1 atom stereocenters. The molecule has 126 valence electrons. The van der Waals surface area contributed by atoms with Crippen LogP contribution in [0.5, 0.6) is 5.75 Å². The van der Waals surface area contributed by atoms with E-state index < -0.39 is 6.10 Å². The lowest BCUT2D eigenvalue weighted by molar-refractivity contribution is 0.174. The van der Waals surface area contributed by atoms with Gasteiger partial charge in [0.25, 0.3) is 0 Å². The molecule has 0 saturated heterocycles. The van der Waals surface area contributed by atoms with E-state index in [-0.39, 0.29) is 5.41 Å². The van der Waals surface area contributed by atoms with Crippen molar-refractivity contribution in [2.45, 2.75) is 38.8 Å². The number of nitrogens with one attached hydrogen (secondary N) is 1. The van der Waals surface area contributed by atoms with Crippen LogP contribution in [0.2, 0.25) is 0 Å². The Hall–Kier alpha value is -1.85. The topological polar surface area (TPSA) is 59.3 Å². The first-order valence-corrected chi connectivity index (χ1v) is 7.87. The summed E-state index contributed by atoms with van der Waals surface area (Å²) in [7, 11) is 3.56. The maximum atomic E-state index is 10.3. The molecule has 5 nitrogen and oxygen atoms in total. The van der Waals surface area contributed by atoms with E-state index in [9.17, 15) is 5.11 Å². The minimum atomic E-state index is -0.570. The molecule has 1 unspecified atom stereocenters. The molecular weight excluding hydrogens is 290 g/mol. The number of rotatable bonds is 6. The fourth-order valence-electron chi connectivity index (χ4n) is 2.61. The summed E-state index contributed by atoms with van der Waals surface area (Å²) in [5.74, 6) is 0.754. The van der Waals surface area contributed by atoms with Gasteiger partial charge in [-0.2, -0.15) is 5.10 Å². The number of hydrogen-bond acceptors (Lipinski definition) is 4. The van der Waals surface area contributed by atoms with E-state index in [4.69, 9.17) is 4.74 Å². The number of benzene rings is 1. The second kappa shape index (κ2) is 7.15. The largest absolute Gasteiger partial charge is 0.497 e. The third kappa shape index (κ3) is 4.56. The first-order chi connectivity index (χ1) is 10.8. The Kier molecular flexibility index (Phi) is 5.44. The van der Waals surface area contributed by atoms with E-state index >= 15 is 0 Å². The van der Waals surface area contributed by atoms with Gasteiger partial charge in [-0.3, -0.25) is 4.68 Å². The summed E-state index contributed by atoms with van der Waals surface area (Å²) in [6.45, 7) is 7.63. The third-order valence-electron chi connectivity index (χ3n) is 3.75. The normalized spacial score (nSPS) is 13.1. The van der Waals surface area contributed by atoms with Gasteiger partial charge in [-0.1, -0.05) is 32.9 Å². The Morgan fingerprint density at radius 2 is 2.09 bits per heavy atom. The minimum Gasteiger partial charge on any atom is -0.497 e. The fourth-order valence-corrected chi connectivity index (χ4v) is 2.61. The van der Waals surface area contributed by atoms with Crippen molar-refractivity contribution in [3.05, 3.63) is 47.3 Å². The third-order valence-corrected chi connectivity index (χ3v) is 3.75. The van der Waals surface area contributed by atoms with Crippen molar-refractivity contribution in [3.8, 4) is 5.75 Å². The predicted octanol–water partition coefficient (Wildman–Crippen LogP) is 2.55. The Bertz CT molecular complexity index is 644. The average molecular weight is 317 g/mol. The average Bonchev–Trinajstić information content (AvgIpc) is 2.88. The van der Waals surface area contributed by atoms with Crippen LogP contribution in [-0.4, -0.2) is 28.5 Å². The van der Waals surface area contributed by atoms with Crippen LogP contribution in [0, 0.1) is 0 Å². The summed E-state index contributed by atoms with van der Waals surface area (Å²) < 4.78 is 7.04. The van der Waals surface area contributed by atoms with Gasteiger partial charge >= 0.3 is 0 Å². The Morgan fingerprint density at radius 3 is 2.74 bits per heavy atom. The quantitative estimate of drug-likeness (QED) is 0.859. The van der Waals surface area contributed by atoms with E-state index in [0.717, 1.165) is 22.6 Å². The molecule has 0 spiro atoms. The summed E-state index contributed by atoms with van der Waals surface area (Å²) >= 11 is 0. The first kappa shape index (κ1) is 17.5. The van der Waals surface area contributed by atoms with Gasteiger partial charge in [0.2, 0.25) is 0 Å². The molecule has 2 aromatic rings. The van der Waals surface area contributed by atoms with Crippen molar-refractivity contribution >= 4 is 0 Å². The van der Waals surface area contributed by atoms with Crippen LogP contribution in [0.3, 0.4) is 0 Å². The molecule has 1 aromatic heterocycles. The molecule has 0 fully saturated rings. The smallest absolute Gasteiger partial charge is 0.119 e. The number of aryl methyl sites for hydroxylation is 1. The number of aliphatic hydroxyl groups excluding tert-OH is 1. The van der Waals surface area contributed by atoms with E-state index in [2.05, 4.69) is 31.2 Å². The summed E-state index contributed by atoms with van der Waals surface area (Å²) in [5, 5.41) is 18.2. The standard InChI is InChI=1S/C18H27N3O2/c1-18(2,3)17-14(12-21(4)20-17)10-19-11-16(22)13-7-6-8-15(9-13)23-5/h6-9,12,16,19,22H,10-11H2,1-5H3. The van der Waals surface area contributed by atoms with Crippen molar-refractivity contribution in [2.24, 2.45) is 7.05 Å². The lowest BCUT2D eigenvalue weighted by Crippen LogP contribution is -2.23. The monoisotopic (exact) mass is 317 g/mol. The highest BCUT2D eigenvalue weighted by Crippen LogP contribution is 2.24. The van der Waals surface area contributed by atoms with Gasteiger partial charge < -0.3 is 15.2 Å². The van der Waals surface area contributed by atoms with Crippen molar-refractivity contribution in [3.63, 3.8) is 0 Å². The Balaban J connectivity index is 1.97. The molecule has 0 aliphatic carbocycles. The van der Waals surface area contributed by atoms with Crippen LogP contribution in [0.15, 0.2) is 30.5 Å². The van der Waals surface area contributed by atoms with Crippen molar-refractivity contribution < 1.29 is 9.84 Å². The van der Waals surface area contributed by atoms with Crippen LogP contribution < -0.4 is 10.1 Å². The van der Waals surface area contributed by atoms with Crippen LogP contribution in [0.4, 0.5) is 0 Å². The number of methoxy groups -OCH3 is 1. The zero-order valence-corrected chi connectivity index (χ0v) is 14.6. The molecule has 0 aliphatic heterocycles. The number of ether oxygens (including phenoxy) is 1. The van der Waals surface area contributed by atoms with Gasteiger partial charge in [-0.25, -0.2) is 0 Å². The highest BCUT2D eigenvalue weighted by molar-refractivity contribution is 5.30. The van der Waals surface area contributed by atoms with E-state index in [0.29, 0.717) is 13.1 Å². The summed E-state index contributed by atoms with van der Waals surface area (Å²) in [4.78, 5) is 0. The number of nitrogens with zero attached hydrogens (tertiary/aromatic N) is 2. The van der Waals surface area contributed by atoms with Crippen LogP contribution in [0.25, 0.3) is 0 Å². The molecule has 2 N–H and O–H groups in total. The maximum absolute atomic E-state index is 10.3. The zero-order valence-electron chi connectivity index (χ0n) is 14.6. The molecule has 1 aromatic carbocycles. The van der Waals surface area contributed by atoms with E-state index in [1.807, 2.05) is 42.2 Å². The van der Waals surface area contributed by atoms with E-state index in [1.165, 1.54) is 0 Å². The predicted molar refractivity (Wildman–Crippen MR) is 91.6 cm³/mol. The second-order valence-electron chi connectivity index (χ2n) is 6.85. The van der Waals surface area contributed by atoms with Gasteiger partial charge in [-0.05, 0) is 17.7 Å². The molecule has 0 radical (unpaired) electrons. The van der Waals surface area contributed by atoms with Crippen molar-refractivity contribution in [2.75, 3.05) is 13.7 Å². The van der Waals surface area contributed by atoms with Gasteiger partial charge in [0.05, 0.1) is 18.9 Å². The lowest BCUT2D eigenvalue weighted by atomic mass is 9.89. The highest BCUT2D eigenvalue weighted by Gasteiger charge is 2.21. The molecule has 0 amide bonds. The fraction of sp³-hybridized carbons (Fsp3) is 0.500. The molecule has 23 heavy (non-hydrogen) atoms. The van der Waals surface area contributed by atoms with Gasteiger partial charge in [0.1, 0.15) is 5.75 Å². The summed E-state index contributed by atoms with van der Waals surface area (Å²) in [6.07, 6.45) is 1.46. The van der Waals surface area contributed by atoms with Crippen LogP contribution >= 0.6 is 0 Å². The zero-order chi connectivity index (χ0) is 17.0. The SMILES string of the molecule is COc1cccc(C(O)CNCc2cn(C)nc2C(C)(C)C)c1. The molecule has 0 aliphatic rings. The van der Waals surface area contributed by atoms with Gasteiger partial charge in [0.15, 0.2) is 0 Å². The van der Waals surface area contributed by atoms with Crippen molar-refractivity contribution in [1.29, 1.82) is 0 Å². The molecular formula is C18H27N3O2. The highest BCUT2D eigenvalue weighted by atomic mass is 16.5. The van der Waals surface area contributed by atoms with Crippen LogP contribution in [-0.2, 0) is 19.0 Å². The van der Waals surface area contributed by atoms with Crippen molar-refractivity contribution in [1.82, 2.24) is 15.1 Å². The van der Waals surface area contributed by atoms with E-state index in [1.54, 1.807) is 7.11 Å². The number of aromatic nitrogens is 2. The summed E-state index contributed by atoms with van der Waals surface area (Å²) in [6, 6.07) is 7.52. The molecule has 5 heteroatoms. The maximum Gasteiger partial charge on any atom is 0.119 e. The molecule has 0 saturated carbocycles. The molecule has 2 rings (SSSR count). The van der Waals surface area contributed by atoms with Gasteiger partial charge in [0, 0.05) is 37.3 Å². The minimum absolute atomic E-state index is 0.00366. The second-order valence-corrected chi connectivity index (χ2v) is 6.85. The number of aliphatic hydroxyl groups is 1.